The molecule has 2 aromatic carbocycles. The molecule has 2 atom stereocenters. The van der Waals surface area contributed by atoms with Crippen LogP contribution in [-0.4, -0.2) is 42.1 Å². The number of amides is 2. The summed E-state index contributed by atoms with van der Waals surface area (Å²) in [5, 5.41) is 6.27. The molecule has 3 aromatic rings. The Kier molecular flexibility index (Phi) is 8.56. The zero-order valence-corrected chi connectivity index (χ0v) is 19.5. The molecular weight excluding hydrogens is 434 g/mol. The van der Waals surface area contributed by atoms with E-state index in [1.54, 1.807) is 13.8 Å². The third kappa shape index (κ3) is 6.78. The van der Waals surface area contributed by atoms with Crippen molar-refractivity contribution in [1.82, 2.24) is 15.6 Å². The number of carbonyl (C=O) groups excluding carboxylic acids is 3. The number of nitrogens with one attached hydrogen (secondary N) is 2. The smallest absolute Gasteiger partial charge is 0.408 e. The molecule has 1 heterocycles. The summed E-state index contributed by atoms with van der Waals surface area (Å²) in [6.45, 7) is 3.66. The van der Waals surface area contributed by atoms with E-state index in [4.69, 9.17) is 9.47 Å². The van der Waals surface area contributed by atoms with Crippen LogP contribution < -0.4 is 10.6 Å². The number of hydrogen-bond acceptors (Lipinski definition) is 6. The third-order valence-corrected chi connectivity index (χ3v) is 5.31. The molecule has 0 fully saturated rings. The molecule has 178 valence electrons. The van der Waals surface area contributed by atoms with Crippen LogP contribution in [0.15, 0.2) is 66.7 Å². The van der Waals surface area contributed by atoms with Crippen molar-refractivity contribution in [2.45, 2.75) is 39.0 Å². The Balaban J connectivity index is 1.66. The summed E-state index contributed by atoms with van der Waals surface area (Å²) < 4.78 is 10.1. The van der Waals surface area contributed by atoms with E-state index < -0.39 is 30.1 Å². The van der Waals surface area contributed by atoms with Gasteiger partial charge in [0.05, 0.1) is 12.6 Å². The molecule has 0 radical (unpaired) electrons. The normalized spacial score (nSPS) is 12.6. The maximum Gasteiger partial charge on any atom is 0.408 e. The van der Waals surface area contributed by atoms with Crippen molar-refractivity contribution in [2.75, 3.05) is 7.11 Å². The van der Waals surface area contributed by atoms with E-state index >= 15 is 0 Å². The molecule has 2 amide bonds. The summed E-state index contributed by atoms with van der Waals surface area (Å²) in [4.78, 5) is 42.3. The lowest BCUT2D eigenvalue weighted by atomic mass is 10.0. The van der Waals surface area contributed by atoms with Gasteiger partial charge in [-0.3, -0.25) is 9.78 Å². The number of ether oxygens (including phenoxy) is 2. The highest BCUT2D eigenvalue weighted by molar-refractivity contribution is 5.90. The first-order valence-corrected chi connectivity index (χ1v) is 11.1. The van der Waals surface area contributed by atoms with Crippen molar-refractivity contribution in [2.24, 2.45) is 5.92 Å². The number of alkyl carbamates (subject to hydrolysis) is 1. The van der Waals surface area contributed by atoms with Gasteiger partial charge in [-0.1, -0.05) is 68.4 Å². The number of rotatable bonds is 9. The second-order valence-electron chi connectivity index (χ2n) is 8.21. The van der Waals surface area contributed by atoms with Gasteiger partial charge in [-0.2, -0.15) is 0 Å². The molecular formula is C26H29N3O5. The van der Waals surface area contributed by atoms with Crippen molar-refractivity contribution in [1.29, 1.82) is 0 Å². The Bertz CT molecular complexity index is 1130. The molecule has 0 aliphatic rings. The molecule has 0 spiro atoms. The van der Waals surface area contributed by atoms with Gasteiger partial charge in [-0.15, -0.1) is 0 Å². The van der Waals surface area contributed by atoms with Gasteiger partial charge in [-0.25, -0.2) is 9.59 Å². The van der Waals surface area contributed by atoms with Crippen LogP contribution in [0.25, 0.3) is 10.9 Å². The molecule has 8 heteroatoms. The number of hydrogen-bond donors (Lipinski definition) is 2. The van der Waals surface area contributed by atoms with Crippen LogP contribution in [0.5, 0.6) is 0 Å². The molecule has 0 aliphatic heterocycles. The minimum Gasteiger partial charge on any atom is -0.467 e. The average molecular weight is 464 g/mol. The number of para-hydroxylation sites is 1. The van der Waals surface area contributed by atoms with E-state index in [-0.39, 0.29) is 18.9 Å². The van der Waals surface area contributed by atoms with Crippen molar-refractivity contribution < 1.29 is 23.9 Å². The number of methoxy groups -OCH3 is 1. The fourth-order valence-electron chi connectivity index (χ4n) is 3.45. The van der Waals surface area contributed by atoms with Crippen molar-refractivity contribution >= 4 is 28.9 Å². The number of aromatic nitrogens is 1. The van der Waals surface area contributed by atoms with Gasteiger partial charge in [-0.05, 0) is 23.6 Å². The van der Waals surface area contributed by atoms with Gasteiger partial charge in [0.15, 0.2) is 0 Å². The second-order valence-corrected chi connectivity index (χ2v) is 8.21. The Hall–Kier alpha value is -3.94. The minimum atomic E-state index is -0.963. The Labute approximate surface area is 198 Å². The summed E-state index contributed by atoms with van der Waals surface area (Å²) in [5.74, 6) is -1.36. The highest BCUT2D eigenvalue weighted by atomic mass is 16.5. The van der Waals surface area contributed by atoms with Crippen LogP contribution in [0.2, 0.25) is 0 Å². The molecule has 0 unspecified atom stereocenters. The standard InChI is InChI=1S/C26H29N3O5/c1-17(2)23(29-26(32)34-16-18-9-5-4-6-10-18)24(30)28-22(25(31)33-3)15-20-14-13-19-11-7-8-12-21(19)27-20/h4-14,17,22-23H,15-16H2,1-3H3,(H,28,30)(H,29,32)/t22-,23-/m1/s1. The fraction of sp³-hybridized carbons (Fsp3) is 0.308. The maximum atomic E-state index is 13.0. The van der Waals surface area contributed by atoms with Crippen LogP contribution >= 0.6 is 0 Å². The Morgan fingerprint density at radius 1 is 0.912 bits per heavy atom. The highest BCUT2D eigenvalue weighted by Gasteiger charge is 2.30. The highest BCUT2D eigenvalue weighted by Crippen LogP contribution is 2.14. The van der Waals surface area contributed by atoms with E-state index in [9.17, 15) is 14.4 Å². The van der Waals surface area contributed by atoms with Crippen LogP contribution in [0.1, 0.15) is 25.1 Å². The summed E-state index contributed by atoms with van der Waals surface area (Å²) in [6, 6.07) is 18.7. The quantitative estimate of drug-likeness (QED) is 0.471. The molecule has 3 rings (SSSR count). The van der Waals surface area contributed by atoms with Crippen LogP contribution in [0.3, 0.4) is 0 Å². The van der Waals surface area contributed by atoms with Crippen LogP contribution in [0, 0.1) is 5.92 Å². The van der Waals surface area contributed by atoms with Crippen LogP contribution in [-0.2, 0) is 32.1 Å². The Morgan fingerprint density at radius 2 is 1.62 bits per heavy atom. The molecule has 1 aromatic heterocycles. The lowest BCUT2D eigenvalue weighted by Gasteiger charge is -2.24. The van der Waals surface area contributed by atoms with Gasteiger partial charge < -0.3 is 20.1 Å². The lowest BCUT2D eigenvalue weighted by molar-refractivity contribution is -0.145. The summed E-state index contributed by atoms with van der Waals surface area (Å²) >= 11 is 0. The van der Waals surface area contributed by atoms with Crippen molar-refractivity contribution in [3.63, 3.8) is 0 Å². The zero-order valence-electron chi connectivity index (χ0n) is 19.5. The van der Waals surface area contributed by atoms with E-state index in [0.29, 0.717) is 5.69 Å². The molecule has 0 aliphatic carbocycles. The van der Waals surface area contributed by atoms with E-state index in [1.807, 2.05) is 66.7 Å². The zero-order chi connectivity index (χ0) is 24.5. The molecule has 0 saturated carbocycles. The maximum absolute atomic E-state index is 13.0. The fourth-order valence-corrected chi connectivity index (χ4v) is 3.45. The first-order valence-electron chi connectivity index (χ1n) is 11.1. The van der Waals surface area contributed by atoms with E-state index in [2.05, 4.69) is 15.6 Å². The first kappa shape index (κ1) is 24.7. The van der Waals surface area contributed by atoms with Crippen LogP contribution in [0.4, 0.5) is 4.79 Å². The third-order valence-electron chi connectivity index (χ3n) is 5.31. The Morgan fingerprint density at radius 3 is 2.32 bits per heavy atom. The number of pyridine rings is 1. The summed E-state index contributed by atoms with van der Waals surface area (Å²) in [6.07, 6.45) is -0.574. The van der Waals surface area contributed by atoms with Gasteiger partial charge in [0.1, 0.15) is 18.7 Å². The van der Waals surface area contributed by atoms with Gasteiger partial charge in [0.25, 0.3) is 0 Å². The first-order chi connectivity index (χ1) is 16.4. The molecule has 34 heavy (non-hydrogen) atoms. The number of carbonyl (C=O) groups is 3. The monoisotopic (exact) mass is 463 g/mol. The van der Waals surface area contributed by atoms with Crippen molar-refractivity contribution in [3.05, 3.63) is 78.0 Å². The number of fused-ring (bicyclic) bond motifs is 1. The minimum absolute atomic E-state index is 0.0809. The van der Waals surface area contributed by atoms with Gasteiger partial charge in [0.2, 0.25) is 5.91 Å². The van der Waals surface area contributed by atoms with Gasteiger partial charge in [0, 0.05) is 17.5 Å². The average Bonchev–Trinajstić information content (AvgIpc) is 2.85. The number of esters is 1. The molecule has 2 N–H and O–H groups in total. The largest absolute Gasteiger partial charge is 0.467 e. The predicted octanol–water partition coefficient (Wildman–Crippen LogP) is 3.39. The lowest BCUT2D eigenvalue weighted by Crippen LogP contribution is -2.54. The SMILES string of the molecule is COC(=O)[C@@H](Cc1ccc2ccccc2n1)NC(=O)[C@H](NC(=O)OCc1ccccc1)C(C)C. The molecule has 8 nitrogen and oxygen atoms in total. The van der Waals surface area contributed by atoms with E-state index in [0.717, 1.165) is 16.5 Å². The van der Waals surface area contributed by atoms with E-state index in [1.165, 1.54) is 7.11 Å². The van der Waals surface area contributed by atoms with Gasteiger partial charge >= 0.3 is 12.1 Å². The van der Waals surface area contributed by atoms with Crippen molar-refractivity contribution in [3.8, 4) is 0 Å². The topological polar surface area (TPSA) is 107 Å². The molecule has 0 saturated heterocycles. The number of benzene rings is 2. The second kappa shape index (κ2) is 11.8. The summed E-state index contributed by atoms with van der Waals surface area (Å²) in [5.41, 5.74) is 2.25. The predicted molar refractivity (Wildman–Crippen MR) is 128 cm³/mol. The molecule has 0 bridgehead atoms. The number of nitrogens with zero attached hydrogens (tertiary/aromatic N) is 1. The summed E-state index contributed by atoms with van der Waals surface area (Å²) in [7, 11) is 1.26.